The van der Waals surface area contributed by atoms with E-state index in [1.54, 1.807) is 24.0 Å². The Kier molecular flexibility index (Phi) is 5.59. The fourth-order valence-corrected chi connectivity index (χ4v) is 3.59. The summed E-state index contributed by atoms with van der Waals surface area (Å²) in [6.07, 6.45) is 4.73. The van der Waals surface area contributed by atoms with Crippen LogP contribution in [-0.4, -0.2) is 56.0 Å². The molecule has 1 atom stereocenters. The molecule has 3 heterocycles. The second-order valence-electron chi connectivity index (χ2n) is 7.04. The average Bonchev–Trinajstić information content (AvgIpc) is 3.21. The summed E-state index contributed by atoms with van der Waals surface area (Å²) in [7, 11) is 0. The van der Waals surface area contributed by atoms with Crippen LogP contribution in [0, 0.1) is 0 Å². The fourth-order valence-electron chi connectivity index (χ4n) is 2.80. The van der Waals surface area contributed by atoms with Gasteiger partial charge in [-0.3, -0.25) is 9.48 Å². The van der Waals surface area contributed by atoms with E-state index in [0.717, 1.165) is 10.6 Å². The van der Waals surface area contributed by atoms with Crippen molar-refractivity contribution in [1.82, 2.24) is 19.7 Å². The van der Waals surface area contributed by atoms with Crippen LogP contribution in [0.5, 0.6) is 0 Å². The van der Waals surface area contributed by atoms with Crippen molar-refractivity contribution in [2.24, 2.45) is 0 Å². The van der Waals surface area contributed by atoms with Crippen LogP contribution in [0.3, 0.4) is 0 Å². The van der Waals surface area contributed by atoms with Crippen LogP contribution in [0.2, 0.25) is 0 Å². The third-order valence-electron chi connectivity index (χ3n) is 4.10. The number of amides is 1. The Morgan fingerprint density at radius 3 is 3.00 bits per heavy atom. The smallest absolute Gasteiger partial charge is 0.244 e. The van der Waals surface area contributed by atoms with Gasteiger partial charge in [-0.25, -0.2) is 4.98 Å². The van der Waals surface area contributed by atoms with Gasteiger partial charge in [-0.05, 0) is 20.8 Å². The molecule has 1 aliphatic heterocycles. The van der Waals surface area contributed by atoms with Gasteiger partial charge in [-0.1, -0.05) is 0 Å². The fraction of sp³-hybridized carbons (Fsp3) is 0.588. The zero-order valence-corrected chi connectivity index (χ0v) is 16.1. The molecule has 1 fully saturated rings. The number of aliphatic hydroxyl groups is 1. The van der Waals surface area contributed by atoms with E-state index in [2.05, 4.69) is 15.4 Å². The van der Waals surface area contributed by atoms with E-state index in [-0.39, 0.29) is 18.1 Å². The normalized spacial score (nSPS) is 17.9. The molecule has 3 rings (SSSR count). The number of morpholine rings is 1. The Balaban J connectivity index is 1.51. The number of aliphatic hydroxyl groups excluding tert-OH is 1. The summed E-state index contributed by atoms with van der Waals surface area (Å²) in [6, 6.07) is 0. The summed E-state index contributed by atoms with van der Waals surface area (Å²) >= 11 is 1.47. The van der Waals surface area contributed by atoms with Crippen LogP contribution in [0.15, 0.2) is 18.6 Å². The van der Waals surface area contributed by atoms with Crippen LogP contribution in [0.1, 0.15) is 36.8 Å². The van der Waals surface area contributed by atoms with Gasteiger partial charge in [0.15, 0.2) is 0 Å². The van der Waals surface area contributed by atoms with Crippen molar-refractivity contribution in [2.45, 2.75) is 45.6 Å². The lowest BCUT2D eigenvalue weighted by Crippen LogP contribution is -2.51. The van der Waals surface area contributed by atoms with Gasteiger partial charge in [-0.15, -0.1) is 11.3 Å². The van der Waals surface area contributed by atoms with Crippen molar-refractivity contribution in [1.29, 1.82) is 0 Å². The molecule has 2 aromatic rings. The van der Waals surface area contributed by atoms with Gasteiger partial charge in [0.25, 0.3) is 0 Å². The first-order valence-corrected chi connectivity index (χ1v) is 9.45. The maximum atomic E-state index is 12.5. The van der Waals surface area contributed by atoms with Gasteiger partial charge < -0.3 is 20.1 Å². The van der Waals surface area contributed by atoms with Crippen molar-refractivity contribution >= 4 is 22.9 Å². The predicted octanol–water partition coefficient (Wildman–Crippen LogP) is 1.64. The number of carbonyl (C=O) groups is 1. The number of nitrogens with zero attached hydrogens (tertiary/aromatic N) is 4. The third kappa shape index (κ3) is 4.80. The molecule has 0 aromatic carbocycles. The maximum absolute atomic E-state index is 12.5. The molecule has 0 radical (unpaired) electrons. The third-order valence-corrected chi connectivity index (χ3v) is 5.27. The monoisotopic (exact) mass is 379 g/mol. The molecule has 9 heteroatoms. The molecule has 0 bridgehead atoms. The Labute approximate surface area is 156 Å². The van der Waals surface area contributed by atoms with Gasteiger partial charge in [0, 0.05) is 30.4 Å². The van der Waals surface area contributed by atoms with Crippen LogP contribution >= 0.6 is 11.3 Å². The zero-order valence-electron chi connectivity index (χ0n) is 15.3. The molecular formula is C17H25N5O3S. The van der Waals surface area contributed by atoms with E-state index < -0.39 is 6.10 Å². The molecule has 0 saturated carbocycles. The maximum Gasteiger partial charge on any atom is 0.244 e. The summed E-state index contributed by atoms with van der Waals surface area (Å²) in [6.45, 7) is 8.27. The van der Waals surface area contributed by atoms with Crippen LogP contribution in [0.25, 0.3) is 0 Å². The highest BCUT2D eigenvalue weighted by Crippen LogP contribution is 2.21. The molecule has 8 nitrogen and oxygen atoms in total. The standard InChI is InChI=1S/C17H25N5O3S/c1-12(23)16-19-8-14(26-16)7-18-13-6-20-22(9-13)10-15(24)21-4-5-25-17(2,3)11-21/h6,8-9,12,18,23H,4-5,7,10-11H2,1-3H3. The lowest BCUT2D eigenvalue weighted by molar-refractivity contribution is -0.146. The predicted molar refractivity (Wildman–Crippen MR) is 98.9 cm³/mol. The van der Waals surface area contributed by atoms with Gasteiger partial charge in [0.2, 0.25) is 5.91 Å². The SMILES string of the molecule is CC(O)c1ncc(CNc2cnn(CC(=O)N3CCOC(C)(C)C3)c2)s1. The second-order valence-corrected chi connectivity index (χ2v) is 8.19. The lowest BCUT2D eigenvalue weighted by Gasteiger charge is -2.38. The van der Waals surface area contributed by atoms with Gasteiger partial charge in [0.1, 0.15) is 17.7 Å². The Morgan fingerprint density at radius 1 is 1.50 bits per heavy atom. The Morgan fingerprint density at radius 2 is 2.31 bits per heavy atom. The highest BCUT2D eigenvalue weighted by Gasteiger charge is 2.29. The van der Waals surface area contributed by atoms with Crippen molar-refractivity contribution in [3.63, 3.8) is 0 Å². The summed E-state index contributed by atoms with van der Waals surface area (Å²) in [5.41, 5.74) is 0.539. The van der Waals surface area contributed by atoms with Gasteiger partial charge >= 0.3 is 0 Å². The van der Waals surface area contributed by atoms with Crippen molar-refractivity contribution in [2.75, 3.05) is 25.0 Å². The van der Waals surface area contributed by atoms with E-state index >= 15 is 0 Å². The van der Waals surface area contributed by atoms with E-state index in [1.807, 2.05) is 24.9 Å². The minimum atomic E-state index is -0.548. The largest absolute Gasteiger partial charge is 0.386 e. The second kappa shape index (κ2) is 7.73. The molecule has 1 aliphatic rings. The molecule has 0 aliphatic carbocycles. The van der Waals surface area contributed by atoms with Crippen molar-refractivity contribution in [3.05, 3.63) is 28.5 Å². The highest BCUT2D eigenvalue weighted by molar-refractivity contribution is 7.11. The summed E-state index contributed by atoms with van der Waals surface area (Å²) < 4.78 is 7.28. The van der Waals surface area contributed by atoms with E-state index in [0.29, 0.717) is 31.2 Å². The van der Waals surface area contributed by atoms with Crippen LogP contribution in [0.4, 0.5) is 5.69 Å². The number of hydrogen-bond acceptors (Lipinski definition) is 7. The van der Waals surface area contributed by atoms with Gasteiger partial charge in [-0.2, -0.15) is 5.10 Å². The number of nitrogens with one attached hydrogen (secondary N) is 1. The molecule has 1 amide bonds. The Hall–Kier alpha value is -1.97. The molecule has 26 heavy (non-hydrogen) atoms. The van der Waals surface area contributed by atoms with Crippen molar-refractivity contribution in [3.8, 4) is 0 Å². The van der Waals surface area contributed by atoms with Crippen LogP contribution < -0.4 is 5.32 Å². The molecule has 1 unspecified atom stereocenters. The number of carbonyl (C=O) groups excluding carboxylic acids is 1. The summed E-state index contributed by atoms with van der Waals surface area (Å²) in [5.74, 6) is 0.0417. The van der Waals surface area contributed by atoms with Crippen molar-refractivity contribution < 1.29 is 14.6 Å². The summed E-state index contributed by atoms with van der Waals surface area (Å²) in [5, 5.41) is 17.7. The molecule has 2 N–H and O–H groups in total. The first-order chi connectivity index (χ1) is 12.3. The quantitative estimate of drug-likeness (QED) is 0.793. The van der Waals surface area contributed by atoms with E-state index in [9.17, 15) is 9.90 Å². The number of hydrogen-bond donors (Lipinski definition) is 2. The molecule has 0 spiro atoms. The average molecular weight is 379 g/mol. The minimum absolute atomic E-state index is 0.0417. The van der Waals surface area contributed by atoms with Crippen LogP contribution in [-0.2, 0) is 22.6 Å². The number of rotatable bonds is 6. The lowest BCUT2D eigenvalue weighted by atomic mass is 10.1. The first-order valence-electron chi connectivity index (χ1n) is 8.63. The topological polar surface area (TPSA) is 92.5 Å². The molecule has 1 saturated heterocycles. The minimum Gasteiger partial charge on any atom is -0.386 e. The highest BCUT2D eigenvalue weighted by atomic mass is 32.1. The van der Waals surface area contributed by atoms with E-state index in [1.165, 1.54) is 11.3 Å². The van der Waals surface area contributed by atoms with E-state index in [4.69, 9.17) is 4.74 Å². The number of ether oxygens (including phenoxy) is 1. The first kappa shape index (κ1) is 18.8. The summed E-state index contributed by atoms with van der Waals surface area (Å²) in [4.78, 5) is 19.5. The number of anilines is 1. The molecule has 142 valence electrons. The number of thiazole rings is 1. The van der Waals surface area contributed by atoms with Gasteiger partial charge in [0.05, 0.1) is 30.6 Å². The molecule has 2 aromatic heterocycles. The zero-order chi connectivity index (χ0) is 18.7. The number of aromatic nitrogens is 3. The Bertz CT molecular complexity index is 755. The molecular weight excluding hydrogens is 354 g/mol.